The van der Waals surface area contributed by atoms with Crippen LogP contribution >= 0.6 is 0 Å². The Kier molecular flexibility index (Phi) is 4.17. The van der Waals surface area contributed by atoms with Crippen molar-refractivity contribution < 1.29 is 19.1 Å². The first kappa shape index (κ1) is 14.5. The molecule has 0 bridgehead atoms. The van der Waals surface area contributed by atoms with Gasteiger partial charge in [0.2, 0.25) is 0 Å². The quantitative estimate of drug-likeness (QED) is 0.753. The van der Waals surface area contributed by atoms with Crippen molar-refractivity contribution in [2.45, 2.75) is 13.5 Å². The predicted molar refractivity (Wildman–Crippen MR) is 73.2 cm³/mol. The zero-order valence-electron chi connectivity index (χ0n) is 11.5. The number of aryl methyl sites for hydroxylation is 1. The lowest BCUT2D eigenvalue weighted by molar-refractivity contribution is 0.0694. The Labute approximate surface area is 120 Å². The molecule has 0 aliphatic carbocycles. The van der Waals surface area contributed by atoms with Gasteiger partial charge in [-0.15, -0.1) is 10.2 Å². The van der Waals surface area contributed by atoms with Gasteiger partial charge < -0.3 is 20.2 Å². The first-order valence-electron chi connectivity index (χ1n) is 6.13. The number of rotatable bonds is 5. The van der Waals surface area contributed by atoms with Gasteiger partial charge in [0.25, 0.3) is 5.91 Å². The normalized spacial score (nSPS) is 10.2. The Bertz CT molecular complexity index is 663. The fourth-order valence-corrected chi connectivity index (χ4v) is 1.70. The third kappa shape index (κ3) is 3.35. The number of aromatic carboxylic acids is 1. The average Bonchev–Trinajstić information content (AvgIpc) is 2.86. The number of furan rings is 1. The number of carbonyl (C=O) groups is 2. The average molecular weight is 290 g/mol. The molecule has 0 unspecified atom stereocenters. The minimum atomic E-state index is -1.03. The van der Waals surface area contributed by atoms with Crippen LogP contribution in [0.4, 0.5) is 5.82 Å². The van der Waals surface area contributed by atoms with E-state index in [1.54, 1.807) is 13.0 Å². The van der Waals surface area contributed by atoms with Crippen LogP contribution < -0.4 is 10.6 Å². The monoisotopic (exact) mass is 290 g/mol. The fourth-order valence-electron chi connectivity index (χ4n) is 1.70. The van der Waals surface area contributed by atoms with E-state index in [1.165, 1.54) is 19.2 Å². The molecular formula is C13H14N4O4. The first-order valence-corrected chi connectivity index (χ1v) is 6.13. The summed E-state index contributed by atoms with van der Waals surface area (Å²) in [6.45, 7) is 1.85. The number of hydrogen-bond donors (Lipinski definition) is 3. The molecule has 2 heterocycles. The third-order valence-corrected chi connectivity index (χ3v) is 2.77. The van der Waals surface area contributed by atoms with Gasteiger partial charge in [-0.1, -0.05) is 0 Å². The molecule has 0 radical (unpaired) electrons. The number of carboxylic acid groups (broad SMARTS) is 1. The Balaban J connectivity index is 2.01. The van der Waals surface area contributed by atoms with Crippen molar-refractivity contribution in [3.8, 4) is 0 Å². The Morgan fingerprint density at radius 3 is 2.62 bits per heavy atom. The molecule has 3 N–H and O–H groups in total. The number of nitrogens with zero attached hydrogens (tertiary/aromatic N) is 2. The molecule has 0 saturated heterocycles. The highest BCUT2D eigenvalue weighted by atomic mass is 16.4. The van der Waals surface area contributed by atoms with E-state index in [2.05, 4.69) is 20.8 Å². The van der Waals surface area contributed by atoms with E-state index in [4.69, 9.17) is 9.52 Å². The molecule has 110 valence electrons. The Morgan fingerprint density at radius 2 is 2.10 bits per heavy atom. The SMILES string of the molecule is CNC(=O)c1ccc(NCc2cc(C(=O)O)c(C)o2)nn1. The van der Waals surface area contributed by atoms with Crippen molar-refractivity contribution >= 4 is 17.7 Å². The van der Waals surface area contributed by atoms with Crippen LogP contribution in [0, 0.1) is 6.92 Å². The maximum Gasteiger partial charge on any atom is 0.339 e. The van der Waals surface area contributed by atoms with Gasteiger partial charge >= 0.3 is 5.97 Å². The van der Waals surface area contributed by atoms with Crippen LogP contribution in [0.5, 0.6) is 0 Å². The van der Waals surface area contributed by atoms with Gasteiger partial charge in [0.1, 0.15) is 22.9 Å². The topological polar surface area (TPSA) is 117 Å². The van der Waals surface area contributed by atoms with E-state index in [1.807, 2.05) is 0 Å². The molecule has 2 aromatic rings. The summed E-state index contributed by atoms with van der Waals surface area (Å²) in [6, 6.07) is 4.59. The molecule has 2 rings (SSSR count). The molecule has 2 aromatic heterocycles. The summed E-state index contributed by atoms with van der Waals surface area (Å²) < 4.78 is 5.32. The highest BCUT2D eigenvalue weighted by molar-refractivity contribution is 5.91. The summed E-state index contributed by atoms with van der Waals surface area (Å²) in [5.41, 5.74) is 0.345. The van der Waals surface area contributed by atoms with Crippen LogP contribution in [0.25, 0.3) is 0 Å². The van der Waals surface area contributed by atoms with E-state index in [-0.39, 0.29) is 23.7 Å². The number of hydrogen-bond acceptors (Lipinski definition) is 6. The van der Waals surface area contributed by atoms with Gasteiger partial charge in [0, 0.05) is 7.05 Å². The third-order valence-electron chi connectivity index (χ3n) is 2.77. The summed E-state index contributed by atoms with van der Waals surface area (Å²) in [7, 11) is 1.51. The number of carboxylic acids is 1. The van der Waals surface area contributed by atoms with Crippen LogP contribution in [-0.2, 0) is 6.54 Å². The van der Waals surface area contributed by atoms with Crippen molar-refractivity contribution in [1.29, 1.82) is 0 Å². The van der Waals surface area contributed by atoms with Crippen LogP contribution in [0.1, 0.15) is 32.4 Å². The number of aromatic nitrogens is 2. The molecule has 8 nitrogen and oxygen atoms in total. The maximum absolute atomic E-state index is 11.3. The first-order chi connectivity index (χ1) is 10.0. The van der Waals surface area contributed by atoms with Gasteiger partial charge in [0.05, 0.1) is 6.54 Å². The molecule has 0 aromatic carbocycles. The second-order valence-electron chi connectivity index (χ2n) is 4.22. The molecule has 8 heteroatoms. The number of anilines is 1. The molecule has 21 heavy (non-hydrogen) atoms. The zero-order chi connectivity index (χ0) is 15.4. The van der Waals surface area contributed by atoms with Gasteiger partial charge in [-0.3, -0.25) is 4.79 Å². The standard InChI is InChI=1S/C13H14N4O4/c1-7-9(13(19)20)5-8(21-7)6-15-11-4-3-10(16-17-11)12(18)14-2/h3-5H,6H2,1-2H3,(H,14,18)(H,15,17)(H,19,20). The summed E-state index contributed by atoms with van der Waals surface area (Å²) in [5, 5.41) is 21.9. The second kappa shape index (κ2) is 6.04. The number of carbonyl (C=O) groups excluding carboxylic acids is 1. The highest BCUT2D eigenvalue weighted by Gasteiger charge is 2.13. The van der Waals surface area contributed by atoms with E-state index in [9.17, 15) is 9.59 Å². The van der Waals surface area contributed by atoms with E-state index >= 15 is 0 Å². The Hall–Kier alpha value is -2.90. The lowest BCUT2D eigenvalue weighted by atomic mass is 10.2. The van der Waals surface area contributed by atoms with Crippen molar-refractivity contribution in [2.75, 3.05) is 12.4 Å². The van der Waals surface area contributed by atoms with Crippen LogP contribution in [-0.4, -0.2) is 34.2 Å². The summed E-state index contributed by atoms with van der Waals surface area (Å²) in [6.07, 6.45) is 0. The smallest absolute Gasteiger partial charge is 0.339 e. The highest BCUT2D eigenvalue weighted by Crippen LogP contribution is 2.15. The molecule has 1 amide bonds. The molecule has 0 atom stereocenters. The lowest BCUT2D eigenvalue weighted by Crippen LogP contribution is -2.19. The molecule has 0 saturated carbocycles. The van der Waals surface area contributed by atoms with Gasteiger partial charge in [-0.2, -0.15) is 0 Å². The fraction of sp³-hybridized carbons (Fsp3) is 0.231. The van der Waals surface area contributed by atoms with Crippen molar-refractivity contribution in [2.24, 2.45) is 0 Å². The number of amides is 1. The largest absolute Gasteiger partial charge is 0.478 e. The summed E-state index contributed by atoms with van der Waals surface area (Å²) >= 11 is 0. The molecule has 0 fully saturated rings. The molecular weight excluding hydrogens is 276 g/mol. The van der Waals surface area contributed by atoms with Crippen molar-refractivity contribution in [3.63, 3.8) is 0 Å². The lowest BCUT2D eigenvalue weighted by Gasteiger charge is -2.03. The van der Waals surface area contributed by atoms with Gasteiger partial charge in [-0.05, 0) is 25.1 Å². The Morgan fingerprint density at radius 1 is 1.33 bits per heavy atom. The van der Waals surface area contributed by atoms with Crippen molar-refractivity contribution in [3.05, 3.63) is 41.0 Å². The van der Waals surface area contributed by atoms with Crippen LogP contribution in [0.2, 0.25) is 0 Å². The molecule has 0 aliphatic heterocycles. The number of nitrogens with one attached hydrogen (secondary N) is 2. The summed E-state index contributed by atoms with van der Waals surface area (Å²) in [4.78, 5) is 22.2. The van der Waals surface area contributed by atoms with Gasteiger partial charge in [-0.25, -0.2) is 4.79 Å². The summed E-state index contributed by atoms with van der Waals surface area (Å²) in [5.74, 6) is -0.0740. The molecule has 0 spiro atoms. The molecule has 0 aliphatic rings. The van der Waals surface area contributed by atoms with Gasteiger partial charge in [0.15, 0.2) is 5.69 Å². The van der Waals surface area contributed by atoms with Crippen molar-refractivity contribution in [1.82, 2.24) is 15.5 Å². The van der Waals surface area contributed by atoms with Crippen LogP contribution in [0.3, 0.4) is 0 Å². The van der Waals surface area contributed by atoms with E-state index < -0.39 is 5.97 Å². The predicted octanol–water partition coefficient (Wildman–Crippen LogP) is 1.05. The second-order valence-corrected chi connectivity index (χ2v) is 4.22. The zero-order valence-corrected chi connectivity index (χ0v) is 11.5. The van der Waals surface area contributed by atoms with E-state index in [0.717, 1.165) is 0 Å². The van der Waals surface area contributed by atoms with Crippen LogP contribution in [0.15, 0.2) is 22.6 Å². The minimum absolute atomic E-state index is 0.132. The maximum atomic E-state index is 11.3. The minimum Gasteiger partial charge on any atom is -0.478 e. The van der Waals surface area contributed by atoms with E-state index in [0.29, 0.717) is 17.3 Å².